The Labute approximate surface area is 128 Å². The number of fused-ring (bicyclic) bond motifs is 1. The minimum atomic E-state index is -3.60. The Kier molecular flexibility index (Phi) is 2.78. The zero-order valence-corrected chi connectivity index (χ0v) is 13.0. The number of anilines is 1. The zero-order valence-electron chi connectivity index (χ0n) is 12.2. The Hall–Kier alpha value is -1.71. The van der Waals surface area contributed by atoms with Crippen LogP contribution in [0.2, 0.25) is 0 Å². The molecule has 22 heavy (non-hydrogen) atoms. The number of nitrogens with two attached hydrogens (primary N) is 1. The molecule has 0 amide bonds. The Balaban J connectivity index is 1.47. The number of hydrogen-bond acceptors (Lipinski definition) is 5. The summed E-state index contributed by atoms with van der Waals surface area (Å²) in [6, 6.07) is 2.00. The van der Waals surface area contributed by atoms with E-state index in [0.29, 0.717) is 0 Å². The highest BCUT2D eigenvalue weighted by Crippen LogP contribution is 2.50. The molecule has 0 unspecified atom stereocenters. The Morgan fingerprint density at radius 2 is 2.14 bits per heavy atom. The van der Waals surface area contributed by atoms with Crippen LogP contribution >= 0.6 is 0 Å². The second-order valence-corrected chi connectivity index (χ2v) is 7.83. The minimum absolute atomic E-state index is 0.0300. The van der Waals surface area contributed by atoms with E-state index >= 15 is 0 Å². The molecule has 0 bridgehead atoms. The van der Waals surface area contributed by atoms with Gasteiger partial charge in [-0.2, -0.15) is 18.2 Å². The second kappa shape index (κ2) is 4.40. The van der Waals surface area contributed by atoms with Gasteiger partial charge in [0.05, 0.1) is 0 Å². The Morgan fingerprint density at radius 3 is 2.82 bits per heavy atom. The van der Waals surface area contributed by atoms with E-state index < -0.39 is 10.2 Å². The molecule has 3 N–H and O–H groups in total. The highest BCUT2D eigenvalue weighted by Gasteiger charge is 2.53. The molecule has 1 aliphatic carbocycles. The molecular formula is C13H18N6O2S. The van der Waals surface area contributed by atoms with Gasteiger partial charge in [0, 0.05) is 30.7 Å². The van der Waals surface area contributed by atoms with Crippen LogP contribution in [0, 0.1) is 12.3 Å². The molecular weight excluding hydrogens is 304 g/mol. The quantitative estimate of drug-likeness (QED) is 0.814. The summed E-state index contributed by atoms with van der Waals surface area (Å²) in [5.41, 5.74) is 2.39. The van der Waals surface area contributed by atoms with Gasteiger partial charge < -0.3 is 4.90 Å². The summed E-state index contributed by atoms with van der Waals surface area (Å²) in [4.78, 5) is 6.66. The normalized spacial score (nSPS) is 21.1. The van der Waals surface area contributed by atoms with E-state index in [1.807, 2.05) is 23.7 Å². The third kappa shape index (κ3) is 2.16. The molecule has 2 fully saturated rings. The minimum Gasteiger partial charge on any atom is -0.354 e. The molecule has 2 aromatic heterocycles. The molecule has 0 aromatic carbocycles. The van der Waals surface area contributed by atoms with Gasteiger partial charge in [-0.1, -0.05) is 0 Å². The highest BCUT2D eigenvalue weighted by molar-refractivity contribution is 7.87. The van der Waals surface area contributed by atoms with Crippen molar-refractivity contribution >= 4 is 21.5 Å². The molecule has 1 aliphatic heterocycles. The number of aromatic nitrogens is 3. The van der Waals surface area contributed by atoms with Crippen molar-refractivity contribution in [3.8, 4) is 0 Å². The topological polar surface area (TPSA) is 106 Å². The van der Waals surface area contributed by atoms with Crippen LogP contribution in [-0.2, 0) is 10.2 Å². The monoisotopic (exact) mass is 322 g/mol. The van der Waals surface area contributed by atoms with E-state index in [4.69, 9.17) is 5.14 Å². The van der Waals surface area contributed by atoms with E-state index in [-0.39, 0.29) is 11.5 Å². The fraction of sp³-hybridized carbons (Fsp3) is 0.538. The van der Waals surface area contributed by atoms with Gasteiger partial charge in [-0.05, 0) is 31.4 Å². The average molecular weight is 322 g/mol. The van der Waals surface area contributed by atoms with Crippen molar-refractivity contribution in [1.29, 1.82) is 0 Å². The summed E-state index contributed by atoms with van der Waals surface area (Å²) in [6.45, 7) is 3.84. The predicted molar refractivity (Wildman–Crippen MR) is 81.6 cm³/mol. The van der Waals surface area contributed by atoms with Crippen LogP contribution in [-0.4, -0.2) is 42.1 Å². The van der Waals surface area contributed by atoms with Gasteiger partial charge >= 0.3 is 0 Å². The van der Waals surface area contributed by atoms with Gasteiger partial charge in [-0.25, -0.2) is 14.6 Å². The molecule has 2 aliphatic rings. The predicted octanol–water partition coefficient (Wildman–Crippen LogP) is -0.200. The van der Waals surface area contributed by atoms with E-state index in [1.165, 1.54) is 0 Å². The third-order valence-electron chi connectivity index (χ3n) is 4.68. The lowest BCUT2D eigenvalue weighted by molar-refractivity contribution is 0.0586. The summed E-state index contributed by atoms with van der Waals surface area (Å²) in [5.74, 6) is 0.950. The number of aryl methyl sites for hydroxylation is 1. The molecule has 0 radical (unpaired) electrons. The standard InChI is InChI=1S/C13H18N6O2S/c1-9-2-3-19-11(9)12(15-8-16-19)18-6-13(7-18)4-10(5-13)17-22(14,20)21/h2-3,8,10,17H,4-7H2,1H3,(H2,14,20,21). The number of nitrogens with one attached hydrogen (secondary N) is 1. The van der Waals surface area contributed by atoms with Crippen LogP contribution in [0.15, 0.2) is 18.6 Å². The molecule has 0 atom stereocenters. The first-order valence-electron chi connectivity index (χ1n) is 7.19. The molecule has 1 saturated heterocycles. The highest BCUT2D eigenvalue weighted by atomic mass is 32.2. The third-order valence-corrected chi connectivity index (χ3v) is 5.34. The van der Waals surface area contributed by atoms with Crippen molar-refractivity contribution in [2.75, 3.05) is 18.0 Å². The molecule has 4 rings (SSSR count). The zero-order chi connectivity index (χ0) is 15.5. The average Bonchev–Trinajstić information content (AvgIpc) is 2.72. The van der Waals surface area contributed by atoms with E-state index in [1.54, 1.807) is 6.33 Å². The van der Waals surface area contributed by atoms with E-state index in [2.05, 4.69) is 19.7 Å². The van der Waals surface area contributed by atoms with Crippen molar-refractivity contribution in [2.45, 2.75) is 25.8 Å². The lowest BCUT2D eigenvalue weighted by Gasteiger charge is -2.59. The smallest absolute Gasteiger partial charge is 0.274 e. The maximum atomic E-state index is 11.0. The van der Waals surface area contributed by atoms with Crippen molar-refractivity contribution in [1.82, 2.24) is 19.3 Å². The summed E-state index contributed by atoms with van der Waals surface area (Å²) < 4.78 is 26.4. The first-order chi connectivity index (χ1) is 10.4. The maximum absolute atomic E-state index is 11.0. The lowest BCUT2D eigenvalue weighted by atomic mass is 9.61. The number of nitrogens with zero attached hydrogens (tertiary/aromatic N) is 4. The van der Waals surface area contributed by atoms with Crippen molar-refractivity contribution < 1.29 is 8.42 Å². The molecule has 8 nitrogen and oxygen atoms in total. The number of hydrogen-bond donors (Lipinski definition) is 2. The second-order valence-electron chi connectivity index (χ2n) is 6.50. The number of rotatable bonds is 3. The van der Waals surface area contributed by atoms with Crippen LogP contribution in [0.5, 0.6) is 0 Å². The van der Waals surface area contributed by atoms with Crippen molar-refractivity contribution in [3.63, 3.8) is 0 Å². The lowest BCUT2D eigenvalue weighted by Crippen LogP contribution is -2.67. The van der Waals surface area contributed by atoms with Crippen LogP contribution < -0.4 is 14.8 Å². The summed E-state index contributed by atoms with van der Waals surface area (Å²) >= 11 is 0. The van der Waals surface area contributed by atoms with Crippen LogP contribution in [0.25, 0.3) is 5.52 Å². The first-order valence-corrected chi connectivity index (χ1v) is 8.74. The maximum Gasteiger partial charge on any atom is 0.274 e. The Bertz CT molecular complexity index is 831. The molecule has 9 heteroatoms. The van der Waals surface area contributed by atoms with Crippen LogP contribution in [0.4, 0.5) is 5.82 Å². The molecule has 118 valence electrons. The Morgan fingerprint density at radius 1 is 1.41 bits per heavy atom. The van der Waals surface area contributed by atoms with Crippen molar-refractivity contribution in [2.24, 2.45) is 10.6 Å². The van der Waals surface area contributed by atoms with Crippen LogP contribution in [0.1, 0.15) is 18.4 Å². The SMILES string of the molecule is Cc1ccn2ncnc(N3CC4(CC(NS(N)(=O)=O)C4)C3)c12. The fourth-order valence-corrected chi connectivity index (χ4v) is 4.42. The molecule has 3 heterocycles. The van der Waals surface area contributed by atoms with Gasteiger partial charge in [-0.15, -0.1) is 0 Å². The molecule has 2 aromatic rings. The fourth-order valence-electron chi connectivity index (χ4n) is 3.79. The summed E-state index contributed by atoms with van der Waals surface area (Å²) in [6.07, 6.45) is 5.17. The first kappa shape index (κ1) is 13.9. The largest absolute Gasteiger partial charge is 0.354 e. The summed E-state index contributed by atoms with van der Waals surface area (Å²) in [5, 5.41) is 9.22. The van der Waals surface area contributed by atoms with Gasteiger partial charge in [0.25, 0.3) is 10.2 Å². The molecule has 1 saturated carbocycles. The van der Waals surface area contributed by atoms with Gasteiger partial charge in [0.15, 0.2) is 5.82 Å². The van der Waals surface area contributed by atoms with Crippen molar-refractivity contribution in [3.05, 3.63) is 24.2 Å². The molecule has 1 spiro atoms. The summed E-state index contributed by atoms with van der Waals surface area (Å²) in [7, 11) is -3.60. The van der Waals surface area contributed by atoms with E-state index in [0.717, 1.165) is 42.8 Å². The van der Waals surface area contributed by atoms with Gasteiger partial charge in [0.2, 0.25) is 0 Å². The van der Waals surface area contributed by atoms with Gasteiger partial charge in [-0.3, -0.25) is 0 Å². The van der Waals surface area contributed by atoms with Gasteiger partial charge in [0.1, 0.15) is 11.8 Å². The van der Waals surface area contributed by atoms with E-state index in [9.17, 15) is 8.42 Å². The van der Waals surface area contributed by atoms with Crippen LogP contribution in [0.3, 0.4) is 0 Å².